The van der Waals surface area contributed by atoms with E-state index < -0.39 is 0 Å². The van der Waals surface area contributed by atoms with E-state index in [4.69, 9.17) is 0 Å². The molecule has 1 atom stereocenters. The number of nitrogens with zero attached hydrogens (tertiary/aromatic N) is 1. The first-order valence-electron chi connectivity index (χ1n) is 7.16. The van der Waals surface area contributed by atoms with E-state index in [1.165, 1.54) is 0 Å². The van der Waals surface area contributed by atoms with Gasteiger partial charge in [-0.3, -0.25) is 4.79 Å². The maximum Gasteiger partial charge on any atom is 0.270 e. The fourth-order valence-electron chi connectivity index (χ4n) is 2.05. The zero-order valence-electron chi connectivity index (χ0n) is 12.2. The Kier molecular flexibility index (Phi) is 6.93. The molecule has 0 spiro atoms. The van der Waals surface area contributed by atoms with Crippen LogP contribution in [0.5, 0.6) is 0 Å². The first kappa shape index (κ1) is 15.5. The summed E-state index contributed by atoms with van der Waals surface area (Å²) in [5, 5.41) is 6.04. The zero-order valence-corrected chi connectivity index (χ0v) is 12.2. The van der Waals surface area contributed by atoms with Crippen LogP contribution in [0, 0.1) is 0 Å². The number of carbonyl (C=O) groups is 1. The summed E-state index contributed by atoms with van der Waals surface area (Å²) in [5.74, 6) is 0.639. The number of unbranched alkanes of at least 4 members (excludes halogenated alkanes) is 1. The normalized spacial score (nSPS) is 11.9. The molecular weight excluding hydrogens is 238 g/mol. The molecule has 1 amide bonds. The number of pyridine rings is 1. The van der Waals surface area contributed by atoms with Gasteiger partial charge in [-0.1, -0.05) is 39.2 Å². The van der Waals surface area contributed by atoms with E-state index in [1.807, 2.05) is 12.1 Å². The first-order valence-corrected chi connectivity index (χ1v) is 7.16. The Bertz CT molecular complexity index is 393. The molecule has 0 aliphatic carbocycles. The molecule has 4 nitrogen and oxygen atoms in total. The van der Waals surface area contributed by atoms with Crippen molar-refractivity contribution in [1.82, 2.24) is 10.3 Å². The molecule has 1 aromatic heterocycles. The van der Waals surface area contributed by atoms with Gasteiger partial charge < -0.3 is 10.6 Å². The summed E-state index contributed by atoms with van der Waals surface area (Å²) in [4.78, 5) is 16.4. The lowest BCUT2D eigenvalue weighted by Crippen LogP contribution is -2.35. The van der Waals surface area contributed by atoms with E-state index in [1.54, 1.807) is 13.1 Å². The van der Waals surface area contributed by atoms with Crippen molar-refractivity contribution in [1.29, 1.82) is 0 Å². The summed E-state index contributed by atoms with van der Waals surface area (Å²) in [7, 11) is 1.80. The highest BCUT2D eigenvalue weighted by Gasteiger charge is 2.13. The average molecular weight is 263 g/mol. The number of rotatable bonds is 8. The van der Waals surface area contributed by atoms with E-state index in [9.17, 15) is 4.79 Å². The lowest BCUT2D eigenvalue weighted by Gasteiger charge is -2.17. The fraction of sp³-hybridized carbons (Fsp3) is 0.600. The molecule has 106 valence electrons. The number of amides is 1. The van der Waals surface area contributed by atoms with Gasteiger partial charge >= 0.3 is 0 Å². The van der Waals surface area contributed by atoms with E-state index in [0.29, 0.717) is 11.5 Å². The van der Waals surface area contributed by atoms with E-state index in [2.05, 4.69) is 29.5 Å². The summed E-state index contributed by atoms with van der Waals surface area (Å²) in [6.45, 7) is 4.31. The van der Waals surface area contributed by atoms with Crippen molar-refractivity contribution >= 4 is 11.7 Å². The maximum absolute atomic E-state index is 12.2. The molecule has 4 heteroatoms. The van der Waals surface area contributed by atoms with Gasteiger partial charge in [-0.05, 0) is 25.0 Å². The molecule has 0 aliphatic rings. The van der Waals surface area contributed by atoms with Crippen LogP contribution in [0.25, 0.3) is 0 Å². The van der Waals surface area contributed by atoms with E-state index in [-0.39, 0.29) is 11.9 Å². The standard InChI is InChI=1S/C15H25N3O/c1-4-6-9-12(8-5-2)17-15(19)13-10-7-11-14(16-3)18-13/h7,10-12H,4-6,8-9H2,1-3H3,(H,16,18)(H,17,19). The van der Waals surface area contributed by atoms with Gasteiger partial charge in [0.15, 0.2) is 0 Å². The molecule has 0 fully saturated rings. The predicted octanol–water partition coefficient (Wildman–Crippen LogP) is 3.21. The van der Waals surface area contributed by atoms with Crippen LogP contribution >= 0.6 is 0 Å². The molecule has 0 radical (unpaired) electrons. The molecule has 0 saturated carbocycles. The van der Waals surface area contributed by atoms with Crippen LogP contribution in [0.3, 0.4) is 0 Å². The second-order valence-electron chi connectivity index (χ2n) is 4.76. The smallest absolute Gasteiger partial charge is 0.270 e. The minimum absolute atomic E-state index is 0.0772. The second kappa shape index (κ2) is 8.51. The van der Waals surface area contributed by atoms with Gasteiger partial charge in [0.1, 0.15) is 11.5 Å². The summed E-state index contributed by atoms with van der Waals surface area (Å²) >= 11 is 0. The fourth-order valence-corrected chi connectivity index (χ4v) is 2.05. The van der Waals surface area contributed by atoms with Gasteiger partial charge in [-0.2, -0.15) is 0 Å². The third kappa shape index (κ3) is 5.28. The number of hydrogen-bond donors (Lipinski definition) is 2. The monoisotopic (exact) mass is 263 g/mol. The van der Waals surface area contributed by atoms with Crippen molar-refractivity contribution < 1.29 is 4.79 Å². The van der Waals surface area contributed by atoms with Crippen LogP contribution in [0.2, 0.25) is 0 Å². The van der Waals surface area contributed by atoms with Crippen molar-refractivity contribution in [2.75, 3.05) is 12.4 Å². The highest BCUT2D eigenvalue weighted by Crippen LogP contribution is 2.09. The van der Waals surface area contributed by atoms with Gasteiger partial charge in [0.25, 0.3) is 5.91 Å². The molecule has 2 N–H and O–H groups in total. The molecule has 1 aromatic rings. The van der Waals surface area contributed by atoms with E-state index >= 15 is 0 Å². The Balaban J connectivity index is 2.64. The summed E-state index contributed by atoms with van der Waals surface area (Å²) < 4.78 is 0. The SMILES string of the molecule is CCCCC(CCC)NC(=O)c1cccc(NC)n1. The minimum atomic E-state index is -0.0772. The van der Waals surface area contributed by atoms with E-state index in [0.717, 1.165) is 32.1 Å². The lowest BCUT2D eigenvalue weighted by molar-refractivity contribution is 0.0927. The van der Waals surface area contributed by atoms with Gasteiger partial charge in [0, 0.05) is 13.1 Å². The number of anilines is 1. The highest BCUT2D eigenvalue weighted by atomic mass is 16.1. The Morgan fingerprint density at radius 3 is 2.68 bits per heavy atom. The van der Waals surface area contributed by atoms with Crippen LogP contribution in [-0.4, -0.2) is 24.0 Å². The third-order valence-corrected chi connectivity index (χ3v) is 3.12. The summed E-state index contributed by atoms with van der Waals surface area (Å²) in [6.07, 6.45) is 5.45. The van der Waals surface area contributed by atoms with Crippen LogP contribution in [-0.2, 0) is 0 Å². The molecule has 0 aliphatic heterocycles. The van der Waals surface area contributed by atoms with Crippen LogP contribution < -0.4 is 10.6 Å². The number of aromatic nitrogens is 1. The highest BCUT2D eigenvalue weighted by molar-refractivity contribution is 5.92. The van der Waals surface area contributed by atoms with Gasteiger partial charge in [-0.15, -0.1) is 0 Å². The lowest BCUT2D eigenvalue weighted by atomic mass is 10.0. The van der Waals surface area contributed by atoms with Crippen LogP contribution in [0.15, 0.2) is 18.2 Å². The van der Waals surface area contributed by atoms with Crippen molar-refractivity contribution in [3.8, 4) is 0 Å². The number of nitrogens with one attached hydrogen (secondary N) is 2. The molecule has 19 heavy (non-hydrogen) atoms. The summed E-state index contributed by atoms with van der Waals surface area (Å²) in [5.41, 5.74) is 0.476. The second-order valence-corrected chi connectivity index (χ2v) is 4.76. The molecule has 0 saturated heterocycles. The Labute approximate surface area is 116 Å². The Morgan fingerprint density at radius 2 is 2.05 bits per heavy atom. The zero-order chi connectivity index (χ0) is 14.1. The maximum atomic E-state index is 12.2. The molecule has 0 aromatic carbocycles. The predicted molar refractivity (Wildman–Crippen MR) is 79.5 cm³/mol. The van der Waals surface area contributed by atoms with Gasteiger partial charge in [0.2, 0.25) is 0 Å². The van der Waals surface area contributed by atoms with Crippen molar-refractivity contribution in [2.45, 2.75) is 52.0 Å². The quantitative estimate of drug-likeness (QED) is 0.757. The molecule has 1 heterocycles. The largest absolute Gasteiger partial charge is 0.373 e. The van der Waals surface area contributed by atoms with Crippen LogP contribution in [0.1, 0.15) is 56.4 Å². The number of hydrogen-bond acceptors (Lipinski definition) is 3. The topological polar surface area (TPSA) is 54.0 Å². The molecule has 1 rings (SSSR count). The van der Waals surface area contributed by atoms with Crippen molar-refractivity contribution in [3.05, 3.63) is 23.9 Å². The third-order valence-electron chi connectivity index (χ3n) is 3.12. The van der Waals surface area contributed by atoms with Gasteiger partial charge in [0.05, 0.1) is 0 Å². The van der Waals surface area contributed by atoms with Crippen molar-refractivity contribution in [3.63, 3.8) is 0 Å². The Hall–Kier alpha value is -1.58. The summed E-state index contributed by atoms with van der Waals surface area (Å²) in [6, 6.07) is 5.70. The van der Waals surface area contributed by atoms with Gasteiger partial charge in [-0.25, -0.2) is 4.98 Å². The number of carbonyl (C=O) groups excluding carboxylic acids is 1. The average Bonchev–Trinajstić information content (AvgIpc) is 2.45. The molecular formula is C15H25N3O. The minimum Gasteiger partial charge on any atom is -0.373 e. The molecule has 0 bridgehead atoms. The Morgan fingerprint density at radius 1 is 1.26 bits per heavy atom. The van der Waals surface area contributed by atoms with Crippen LogP contribution in [0.4, 0.5) is 5.82 Å². The first-order chi connectivity index (χ1) is 9.21. The molecule has 1 unspecified atom stereocenters. The van der Waals surface area contributed by atoms with Crippen molar-refractivity contribution in [2.24, 2.45) is 0 Å².